The van der Waals surface area contributed by atoms with E-state index in [0.717, 1.165) is 43.2 Å². The Bertz CT molecular complexity index is 774. The highest BCUT2D eigenvalue weighted by Crippen LogP contribution is 2.39. The average Bonchev–Trinajstić information content (AvgIpc) is 2.67. The lowest BCUT2D eigenvalue weighted by Crippen LogP contribution is -2.39. The number of nitrogens with zero attached hydrogens (tertiary/aromatic N) is 3. The molecule has 0 fully saturated rings. The first-order chi connectivity index (χ1) is 13.0. The molecule has 5 heteroatoms. The van der Waals surface area contributed by atoms with Gasteiger partial charge in [-0.3, -0.25) is 9.79 Å². The van der Waals surface area contributed by atoms with Crippen LogP contribution in [0.2, 0.25) is 0 Å². The van der Waals surface area contributed by atoms with Gasteiger partial charge in [0.15, 0.2) is 0 Å². The fourth-order valence-electron chi connectivity index (χ4n) is 3.70. The Morgan fingerprint density at radius 3 is 2.59 bits per heavy atom. The summed E-state index contributed by atoms with van der Waals surface area (Å²) in [6.45, 7) is 7.32. The molecule has 1 heterocycles. The molecule has 2 atom stereocenters. The fourth-order valence-corrected chi connectivity index (χ4v) is 3.70. The van der Waals surface area contributed by atoms with Crippen molar-refractivity contribution in [3.63, 3.8) is 0 Å². The number of para-hydroxylation sites is 1. The lowest BCUT2D eigenvalue weighted by atomic mass is 9.81. The number of rotatable bonds is 7. The van der Waals surface area contributed by atoms with Gasteiger partial charge in [-0.05, 0) is 51.7 Å². The van der Waals surface area contributed by atoms with E-state index in [1.54, 1.807) is 0 Å². The number of hydrogen-bond donors (Lipinski definition) is 1. The van der Waals surface area contributed by atoms with Crippen LogP contribution in [0.5, 0.6) is 0 Å². The standard InChI is InChI=1S/C22H30N4O/c1-5-26(6-2)22(27)16-11-12-20-18(15-16)21(23-13-14-25(3)4)17-9-7-8-10-19(17)24-20/h7-12,15,18,21,23H,5-6,13-14H2,1-4H3. The number of carbonyl (C=O) groups is 1. The van der Waals surface area contributed by atoms with Crippen LogP contribution in [0, 0.1) is 5.92 Å². The van der Waals surface area contributed by atoms with Crippen LogP contribution in [0.3, 0.4) is 0 Å². The molecule has 0 aromatic heterocycles. The van der Waals surface area contributed by atoms with E-state index in [-0.39, 0.29) is 17.9 Å². The van der Waals surface area contributed by atoms with Crippen molar-refractivity contribution in [3.8, 4) is 0 Å². The maximum absolute atomic E-state index is 12.8. The summed E-state index contributed by atoms with van der Waals surface area (Å²) in [5.41, 5.74) is 4.00. The van der Waals surface area contributed by atoms with Gasteiger partial charge in [0, 0.05) is 49.4 Å². The van der Waals surface area contributed by atoms with Crippen molar-refractivity contribution >= 4 is 17.3 Å². The summed E-state index contributed by atoms with van der Waals surface area (Å²) in [6.07, 6.45) is 6.03. The van der Waals surface area contributed by atoms with E-state index in [1.165, 1.54) is 5.56 Å². The molecule has 5 nitrogen and oxygen atoms in total. The molecule has 0 radical (unpaired) electrons. The molecule has 1 aliphatic carbocycles. The molecule has 1 N–H and O–H groups in total. The van der Waals surface area contributed by atoms with E-state index in [0.29, 0.717) is 0 Å². The van der Waals surface area contributed by atoms with Crippen molar-refractivity contribution in [2.24, 2.45) is 10.9 Å². The van der Waals surface area contributed by atoms with E-state index in [2.05, 4.69) is 48.6 Å². The van der Waals surface area contributed by atoms with Gasteiger partial charge in [-0.2, -0.15) is 0 Å². The van der Waals surface area contributed by atoms with Crippen LogP contribution in [0.15, 0.2) is 53.1 Å². The Hall–Kier alpha value is -2.24. The van der Waals surface area contributed by atoms with Gasteiger partial charge in [0.05, 0.1) is 5.69 Å². The second kappa shape index (κ2) is 8.63. The Kier molecular flexibility index (Phi) is 6.24. The summed E-state index contributed by atoms with van der Waals surface area (Å²) in [7, 11) is 4.15. The van der Waals surface area contributed by atoms with Crippen LogP contribution in [0.4, 0.5) is 5.69 Å². The van der Waals surface area contributed by atoms with E-state index in [9.17, 15) is 4.79 Å². The second-order valence-corrected chi connectivity index (χ2v) is 7.29. The minimum absolute atomic E-state index is 0.0709. The minimum Gasteiger partial charge on any atom is -0.339 e. The maximum atomic E-state index is 12.8. The molecule has 27 heavy (non-hydrogen) atoms. The molecular formula is C22H30N4O. The third-order valence-electron chi connectivity index (χ3n) is 5.24. The van der Waals surface area contributed by atoms with E-state index >= 15 is 0 Å². The highest BCUT2D eigenvalue weighted by Gasteiger charge is 2.33. The van der Waals surface area contributed by atoms with Crippen LogP contribution < -0.4 is 5.32 Å². The summed E-state index contributed by atoms with van der Waals surface area (Å²) in [5, 5.41) is 3.70. The number of likely N-dealkylation sites (N-methyl/N-ethyl adjacent to an activating group) is 2. The summed E-state index contributed by atoms with van der Waals surface area (Å²) in [6, 6.07) is 8.41. The van der Waals surface area contributed by atoms with Crippen molar-refractivity contribution in [3.05, 3.63) is 53.6 Å². The topological polar surface area (TPSA) is 47.9 Å². The molecule has 1 aromatic carbocycles. The maximum Gasteiger partial charge on any atom is 0.253 e. The first-order valence-corrected chi connectivity index (χ1v) is 9.80. The first-order valence-electron chi connectivity index (χ1n) is 9.80. The van der Waals surface area contributed by atoms with Gasteiger partial charge < -0.3 is 15.1 Å². The Labute approximate surface area is 162 Å². The summed E-state index contributed by atoms with van der Waals surface area (Å²) in [5.74, 6) is 0.169. The largest absolute Gasteiger partial charge is 0.339 e. The number of hydrogen-bond acceptors (Lipinski definition) is 4. The van der Waals surface area contributed by atoms with Crippen LogP contribution in [0.25, 0.3) is 0 Å². The molecule has 3 rings (SSSR count). The highest BCUT2D eigenvalue weighted by molar-refractivity contribution is 6.07. The van der Waals surface area contributed by atoms with Crippen molar-refractivity contribution in [1.82, 2.24) is 15.1 Å². The smallest absolute Gasteiger partial charge is 0.253 e. The van der Waals surface area contributed by atoms with E-state index in [4.69, 9.17) is 4.99 Å². The molecule has 0 spiro atoms. The van der Waals surface area contributed by atoms with Gasteiger partial charge in [-0.15, -0.1) is 0 Å². The number of allylic oxidation sites excluding steroid dienone is 1. The van der Waals surface area contributed by atoms with Crippen LogP contribution in [0.1, 0.15) is 25.5 Å². The van der Waals surface area contributed by atoms with Gasteiger partial charge >= 0.3 is 0 Å². The number of aliphatic imine (C=N–C) groups is 1. The molecule has 1 aliphatic heterocycles. The lowest BCUT2D eigenvalue weighted by Gasteiger charge is -2.34. The molecule has 0 bridgehead atoms. The SMILES string of the molecule is CCN(CC)C(=O)C1=CC2C(=Nc3ccccc3C2NCCN(C)C)C=C1. The Morgan fingerprint density at radius 1 is 1.15 bits per heavy atom. The molecular weight excluding hydrogens is 336 g/mol. The summed E-state index contributed by atoms with van der Waals surface area (Å²) in [4.78, 5) is 21.7. The highest BCUT2D eigenvalue weighted by atomic mass is 16.2. The second-order valence-electron chi connectivity index (χ2n) is 7.29. The predicted molar refractivity (Wildman–Crippen MR) is 111 cm³/mol. The van der Waals surface area contributed by atoms with Crippen molar-refractivity contribution in [2.45, 2.75) is 19.9 Å². The number of fused-ring (bicyclic) bond motifs is 2. The number of benzene rings is 1. The zero-order chi connectivity index (χ0) is 19.4. The van der Waals surface area contributed by atoms with E-state index < -0.39 is 0 Å². The van der Waals surface area contributed by atoms with Crippen molar-refractivity contribution < 1.29 is 4.79 Å². The monoisotopic (exact) mass is 366 g/mol. The molecule has 2 aliphatic rings. The van der Waals surface area contributed by atoms with Gasteiger partial charge in [0.1, 0.15) is 0 Å². The van der Waals surface area contributed by atoms with Gasteiger partial charge in [-0.1, -0.05) is 24.3 Å². The normalized spacial score (nSPS) is 20.6. The predicted octanol–water partition coefficient (Wildman–Crippen LogP) is 2.95. The Balaban J connectivity index is 1.91. The summed E-state index contributed by atoms with van der Waals surface area (Å²) >= 11 is 0. The van der Waals surface area contributed by atoms with Crippen molar-refractivity contribution in [1.29, 1.82) is 0 Å². The quantitative estimate of drug-likeness (QED) is 0.807. The average molecular weight is 367 g/mol. The van der Waals surface area contributed by atoms with Gasteiger partial charge in [-0.25, -0.2) is 0 Å². The third-order valence-corrected chi connectivity index (χ3v) is 5.24. The molecule has 1 amide bonds. The zero-order valence-electron chi connectivity index (χ0n) is 16.8. The molecule has 2 unspecified atom stereocenters. The first kappa shape index (κ1) is 19.5. The third kappa shape index (κ3) is 4.20. The molecule has 144 valence electrons. The lowest BCUT2D eigenvalue weighted by molar-refractivity contribution is -0.126. The van der Waals surface area contributed by atoms with Crippen LogP contribution in [-0.4, -0.2) is 61.7 Å². The Morgan fingerprint density at radius 2 is 1.89 bits per heavy atom. The zero-order valence-corrected chi connectivity index (χ0v) is 16.8. The minimum atomic E-state index is 0.0709. The number of carbonyl (C=O) groups excluding carboxylic acids is 1. The van der Waals surface area contributed by atoms with Crippen LogP contribution >= 0.6 is 0 Å². The number of nitrogens with one attached hydrogen (secondary N) is 1. The van der Waals surface area contributed by atoms with E-state index in [1.807, 2.05) is 37.0 Å². The van der Waals surface area contributed by atoms with Crippen LogP contribution in [-0.2, 0) is 4.79 Å². The van der Waals surface area contributed by atoms with Gasteiger partial charge in [0.25, 0.3) is 5.91 Å². The van der Waals surface area contributed by atoms with Gasteiger partial charge in [0.2, 0.25) is 0 Å². The molecule has 0 saturated carbocycles. The van der Waals surface area contributed by atoms with Crippen molar-refractivity contribution in [2.75, 3.05) is 40.3 Å². The summed E-state index contributed by atoms with van der Waals surface area (Å²) < 4.78 is 0. The molecule has 0 saturated heterocycles. The number of amides is 1. The fraction of sp³-hybridized carbons (Fsp3) is 0.455. The molecule has 1 aromatic rings.